The second kappa shape index (κ2) is 7.64. The van der Waals surface area contributed by atoms with Crippen LogP contribution in [0.5, 0.6) is 5.75 Å². The molecule has 2 aromatic rings. The molecule has 0 bridgehead atoms. The van der Waals surface area contributed by atoms with E-state index in [1.165, 1.54) is 14.7 Å². The van der Waals surface area contributed by atoms with Crippen molar-refractivity contribution >= 4 is 22.6 Å². The molecule has 0 saturated heterocycles. The van der Waals surface area contributed by atoms with Crippen molar-refractivity contribution in [3.05, 3.63) is 63.2 Å². The van der Waals surface area contributed by atoms with Crippen LogP contribution in [0.15, 0.2) is 48.5 Å². The van der Waals surface area contributed by atoms with Crippen molar-refractivity contribution in [2.75, 3.05) is 13.7 Å². The Kier molecular flexibility index (Phi) is 5.86. The maximum Gasteiger partial charge on any atom is 0.119 e. The Bertz CT molecular complexity index is 556. The fourth-order valence-electron chi connectivity index (χ4n) is 2.31. The molecule has 20 heavy (non-hydrogen) atoms. The Hall–Kier alpha value is -1.07. The van der Waals surface area contributed by atoms with Crippen LogP contribution in [-0.4, -0.2) is 13.7 Å². The van der Waals surface area contributed by atoms with Gasteiger partial charge in [0.2, 0.25) is 0 Å². The first-order valence-corrected chi connectivity index (χ1v) is 7.92. The van der Waals surface area contributed by atoms with Gasteiger partial charge in [-0.1, -0.05) is 31.2 Å². The van der Waals surface area contributed by atoms with Crippen LogP contribution in [0.1, 0.15) is 24.1 Å². The maximum absolute atomic E-state index is 5.30. The zero-order valence-corrected chi connectivity index (χ0v) is 14.1. The molecule has 2 rings (SSSR count). The molecule has 0 saturated carbocycles. The molecule has 3 heteroatoms. The Balaban J connectivity index is 2.20. The van der Waals surface area contributed by atoms with E-state index in [1.54, 1.807) is 7.11 Å². The molecule has 106 valence electrons. The topological polar surface area (TPSA) is 21.3 Å². The molecule has 1 unspecified atom stereocenters. The molecule has 1 N–H and O–H groups in total. The summed E-state index contributed by atoms with van der Waals surface area (Å²) < 4.78 is 6.57. The van der Waals surface area contributed by atoms with E-state index in [-0.39, 0.29) is 0 Å². The number of hydrogen-bond acceptors (Lipinski definition) is 2. The molecule has 0 radical (unpaired) electrons. The number of likely N-dealkylation sites (N-methyl/N-ethyl adjacent to an activating group) is 1. The highest BCUT2D eigenvalue weighted by atomic mass is 127. The standard InChI is InChI=1S/C17H20INO/c1-3-19-17(14-7-5-8-15(18)12-14)11-13-6-4-9-16(10-13)20-2/h4-10,12,17,19H,3,11H2,1-2H3. The van der Waals surface area contributed by atoms with Crippen molar-refractivity contribution in [2.24, 2.45) is 0 Å². The van der Waals surface area contributed by atoms with Gasteiger partial charge in [0.1, 0.15) is 5.75 Å². The molecule has 0 amide bonds. The summed E-state index contributed by atoms with van der Waals surface area (Å²) >= 11 is 2.36. The van der Waals surface area contributed by atoms with Gasteiger partial charge in [-0.15, -0.1) is 0 Å². The predicted molar refractivity (Wildman–Crippen MR) is 92.3 cm³/mol. The van der Waals surface area contributed by atoms with Crippen LogP contribution < -0.4 is 10.1 Å². The highest BCUT2D eigenvalue weighted by molar-refractivity contribution is 14.1. The average Bonchev–Trinajstić information content (AvgIpc) is 2.47. The zero-order valence-electron chi connectivity index (χ0n) is 11.9. The molecule has 0 fully saturated rings. The molecule has 0 heterocycles. The lowest BCUT2D eigenvalue weighted by Gasteiger charge is -2.19. The number of rotatable bonds is 6. The van der Waals surface area contributed by atoms with Crippen LogP contribution in [-0.2, 0) is 6.42 Å². The van der Waals surface area contributed by atoms with Gasteiger partial charge in [0.15, 0.2) is 0 Å². The summed E-state index contributed by atoms with van der Waals surface area (Å²) in [4.78, 5) is 0. The summed E-state index contributed by atoms with van der Waals surface area (Å²) in [5.41, 5.74) is 2.62. The smallest absolute Gasteiger partial charge is 0.119 e. The van der Waals surface area contributed by atoms with Gasteiger partial charge in [0.25, 0.3) is 0 Å². The Morgan fingerprint density at radius 1 is 1.15 bits per heavy atom. The van der Waals surface area contributed by atoms with Crippen molar-refractivity contribution < 1.29 is 4.74 Å². The van der Waals surface area contributed by atoms with E-state index >= 15 is 0 Å². The van der Waals surface area contributed by atoms with Gasteiger partial charge in [-0.2, -0.15) is 0 Å². The number of methoxy groups -OCH3 is 1. The van der Waals surface area contributed by atoms with Gasteiger partial charge < -0.3 is 10.1 Å². The maximum atomic E-state index is 5.30. The van der Waals surface area contributed by atoms with E-state index < -0.39 is 0 Å². The third-order valence-corrected chi connectivity index (χ3v) is 3.95. The minimum atomic E-state index is 0.335. The van der Waals surface area contributed by atoms with Crippen LogP contribution in [0.4, 0.5) is 0 Å². The molecular weight excluding hydrogens is 361 g/mol. The summed E-state index contributed by atoms with van der Waals surface area (Å²) in [6.07, 6.45) is 0.963. The van der Waals surface area contributed by atoms with Gasteiger partial charge in [-0.25, -0.2) is 0 Å². The van der Waals surface area contributed by atoms with Gasteiger partial charge in [0.05, 0.1) is 7.11 Å². The minimum Gasteiger partial charge on any atom is -0.497 e. The minimum absolute atomic E-state index is 0.335. The van der Waals surface area contributed by atoms with Crippen molar-refractivity contribution in [3.8, 4) is 5.75 Å². The van der Waals surface area contributed by atoms with E-state index in [9.17, 15) is 0 Å². The van der Waals surface area contributed by atoms with Crippen LogP contribution in [0.3, 0.4) is 0 Å². The van der Waals surface area contributed by atoms with Crippen molar-refractivity contribution in [1.82, 2.24) is 5.32 Å². The van der Waals surface area contributed by atoms with E-state index in [0.717, 1.165) is 18.7 Å². The number of hydrogen-bond donors (Lipinski definition) is 1. The molecule has 1 atom stereocenters. The van der Waals surface area contributed by atoms with Crippen molar-refractivity contribution in [3.63, 3.8) is 0 Å². The number of benzene rings is 2. The van der Waals surface area contributed by atoms with E-state index in [0.29, 0.717) is 6.04 Å². The molecule has 0 aliphatic heterocycles. The van der Waals surface area contributed by atoms with Gasteiger partial charge in [0, 0.05) is 9.61 Å². The first kappa shape index (κ1) is 15.3. The number of ether oxygens (including phenoxy) is 1. The van der Waals surface area contributed by atoms with Gasteiger partial charge >= 0.3 is 0 Å². The number of halogens is 1. The summed E-state index contributed by atoms with van der Waals surface area (Å²) in [6.45, 7) is 3.10. The van der Waals surface area contributed by atoms with E-state index in [1.807, 2.05) is 12.1 Å². The number of nitrogens with one attached hydrogen (secondary N) is 1. The van der Waals surface area contributed by atoms with Crippen LogP contribution in [0.2, 0.25) is 0 Å². The second-order valence-corrected chi connectivity index (χ2v) is 5.97. The largest absolute Gasteiger partial charge is 0.497 e. The monoisotopic (exact) mass is 381 g/mol. The molecule has 2 aromatic carbocycles. The third kappa shape index (κ3) is 4.21. The second-order valence-electron chi connectivity index (χ2n) is 4.72. The van der Waals surface area contributed by atoms with Crippen molar-refractivity contribution in [1.29, 1.82) is 0 Å². The summed E-state index contributed by atoms with van der Waals surface area (Å²) in [5.74, 6) is 0.917. The van der Waals surface area contributed by atoms with Crippen LogP contribution in [0.25, 0.3) is 0 Å². The SMILES string of the molecule is CCNC(Cc1cccc(OC)c1)c1cccc(I)c1. The predicted octanol–water partition coefficient (Wildman–Crippen LogP) is 4.19. The highest BCUT2D eigenvalue weighted by Crippen LogP contribution is 2.22. The first-order chi connectivity index (χ1) is 9.72. The Morgan fingerprint density at radius 2 is 1.95 bits per heavy atom. The molecule has 0 aromatic heterocycles. The fraction of sp³-hybridized carbons (Fsp3) is 0.294. The quantitative estimate of drug-likeness (QED) is 0.758. The zero-order chi connectivity index (χ0) is 14.4. The Labute approximate surface area is 134 Å². The highest BCUT2D eigenvalue weighted by Gasteiger charge is 2.11. The molecular formula is C17H20INO. The third-order valence-electron chi connectivity index (χ3n) is 3.28. The average molecular weight is 381 g/mol. The Morgan fingerprint density at radius 3 is 2.65 bits per heavy atom. The van der Waals surface area contributed by atoms with E-state index in [4.69, 9.17) is 4.74 Å². The van der Waals surface area contributed by atoms with Gasteiger partial charge in [-0.3, -0.25) is 0 Å². The summed E-state index contributed by atoms with van der Waals surface area (Å²) in [6, 6.07) is 17.3. The first-order valence-electron chi connectivity index (χ1n) is 6.84. The fourth-order valence-corrected chi connectivity index (χ4v) is 2.88. The lowest BCUT2D eigenvalue weighted by Crippen LogP contribution is -2.23. The molecule has 0 aliphatic carbocycles. The van der Waals surface area contributed by atoms with Crippen molar-refractivity contribution in [2.45, 2.75) is 19.4 Å². The molecule has 0 aliphatic rings. The summed E-state index contributed by atoms with van der Waals surface area (Å²) in [5, 5.41) is 3.57. The lowest BCUT2D eigenvalue weighted by molar-refractivity contribution is 0.414. The van der Waals surface area contributed by atoms with Crippen LogP contribution >= 0.6 is 22.6 Å². The summed E-state index contributed by atoms with van der Waals surface area (Å²) in [7, 11) is 1.71. The normalized spacial score (nSPS) is 12.2. The lowest BCUT2D eigenvalue weighted by atomic mass is 9.99. The van der Waals surface area contributed by atoms with E-state index in [2.05, 4.69) is 71.2 Å². The molecule has 0 spiro atoms. The van der Waals surface area contributed by atoms with Crippen LogP contribution in [0, 0.1) is 3.57 Å². The van der Waals surface area contributed by atoms with Gasteiger partial charge in [-0.05, 0) is 70.9 Å². The molecule has 2 nitrogen and oxygen atoms in total.